The molecule has 18 heavy (non-hydrogen) atoms. The van der Waals surface area contributed by atoms with E-state index in [1.165, 1.54) is 24.8 Å². The van der Waals surface area contributed by atoms with Crippen LogP contribution in [0.5, 0.6) is 0 Å². The first kappa shape index (κ1) is 13.6. The number of hydrogen-bond donors (Lipinski definition) is 0. The lowest BCUT2D eigenvalue weighted by Gasteiger charge is -2.20. The molecule has 0 aromatic rings. The number of esters is 1. The molecule has 0 spiro atoms. The number of hydrogen-bond acceptors (Lipinski definition) is 2. The molecule has 0 aliphatic heterocycles. The topological polar surface area (TPSA) is 26.3 Å². The van der Waals surface area contributed by atoms with E-state index in [1.807, 2.05) is 0 Å². The molecule has 0 radical (unpaired) electrons. The highest BCUT2D eigenvalue weighted by molar-refractivity contribution is 5.74. The molecule has 0 heterocycles. The summed E-state index contributed by atoms with van der Waals surface area (Å²) >= 11 is 0. The number of rotatable bonds is 7. The zero-order valence-corrected chi connectivity index (χ0v) is 11.8. The van der Waals surface area contributed by atoms with Gasteiger partial charge in [-0.3, -0.25) is 4.79 Å². The SMILES string of the molecule is CCCCC(CC)COC(=O)C1CC2=CCC1C2. The van der Waals surface area contributed by atoms with E-state index in [4.69, 9.17) is 4.74 Å². The number of allylic oxidation sites excluding steroid dienone is 2. The third-order valence-corrected chi connectivity index (χ3v) is 4.59. The molecular formula is C16H26O2. The van der Waals surface area contributed by atoms with Crippen molar-refractivity contribution in [2.24, 2.45) is 17.8 Å². The monoisotopic (exact) mass is 250 g/mol. The maximum absolute atomic E-state index is 12.1. The molecule has 0 aromatic carbocycles. The second kappa shape index (κ2) is 6.40. The normalized spacial score (nSPS) is 27.1. The van der Waals surface area contributed by atoms with Crippen LogP contribution in [0.1, 0.15) is 58.8 Å². The third-order valence-electron chi connectivity index (χ3n) is 4.59. The average molecular weight is 250 g/mol. The molecule has 3 unspecified atom stereocenters. The molecule has 0 aromatic heterocycles. The van der Waals surface area contributed by atoms with Crippen LogP contribution in [0.3, 0.4) is 0 Å². The van der Waals surface area contributed by atoms with Crippen molar-refractivity contribution in [1.29, 1.82) is 0 Å². The van der Waals surface area contributed by atoms with Gasteiger partial charge in [-0.05, 0) is 37.5 Å². The van der Waals surface area contributed by atoms with Gasteiger partial charge in [-0.25, -0.2) is 0 Å². The minimum atomic E-state index is 0.0676. The van der Waals surface area contributed by atoms with Gasteiger partial charge in [-0.2, -0.15) is 0 Å². The minimum Gasteiger partial charge on any atom is -0.465 e. The van der Waals surface area contributed by atoms with E-state index in [0.29, 0.717) is 18.4 Å². The van der Waals surface area contributed by atoms with Crippen molar-refractivity contribution in [3.05, 3.63) is 11.6 Å². The summed E-state index contributed by atoms with van der Waals surface area (Å²) in [7, 11) is 0. The number of unbranched alkanes of at least 4 members (excludes halogenated alkanes) is 1. The van der Waals surface area contributed by atoms with Gasteiger partial charge in [-0.15, -0.1) is 0 Å². The highest BCUT2D eigenvalue weighted by atomic mass is 16.5. The number of carbonyl (C=O) groups is 1. The van der Waals surface area contributed by atoms with Crippen LogP contribution >= 0.6 is 0 Å². The van der Waals surface area contributed by atoms with Crippen molar-refractivity contribution in [3.8, 4) is 0 Å². The molecule has 0 amide bonds. The van der Waals surface area contributed by atoms with Crippen molar-refractivity contribution in [2.45, 2.75) is 58.8 Å². The van der Waals surface area contributed by atoms with Crippen LogP contribution in [-0.2, 0) is 9.53 Å². The summed E-state index contributed by atoms with van der Waals surface area (Å²) < 4.78 is 5.56. The lowest BCUT2D eigenvalue weighted by molar-refractivity contribution is -0.151. The van der Waals surface area contributed by atoms with Crippen LogP contribution < -0.4 is 0 Å². The van der Waals surface area contributed by atoms with Crippen molar-refractivity contribution in [1.82, 2.24) is 0 Å². The number of carbonyl (C=O) groups excluding carboxylic acids is 1. The molecule has 1 fully saturated rings. The van der Waals surface area contributed by atoms with E-state index in [2.05, 4.69) is 19.9 Å². The van der Waals surface area contributed by atoms with E-state index in [1.54, 1.807) is 0 Å². The van der Waals surface area contributed by atoms with E-state index < -0.39 is 0 Å². The lowest BCUT2D eigenvalue weighted by atomic mass is 9.92. The quantitative estimate of drug-likeness (QED) is 0.502. The highest BCUT2D eigenvalue weighted by Crippen LogP contribution is 2.44. The molecular weight excluding hydrogens is 224 g/mol. The maximum atomic E-state index is 12.1. The Morgan fingerprint density at radius 2 is 2.28 bits per heavy atom. The molecule has 2 rings (SSSR count). The Bertz CT molecular complexity index is 319. The molecule has 2 heteroatoms. The largest absolute Gasteiger partial charge is 0.465 e. The lowest BCUT2D eigenvalue weighted by Crippen LogP contribution is -2.24. The first-order valence-electron chi connectivity index (χ1n) is 7.59. The van der Waals surface area contributed by atoms with Gasteiger partial charge < -0.3 is 4.74 Å². The molecule has 1 saturated carbocycles. The van der Waals surface area contributed by atoms with Crippen LogP contribution in [0, 0.1) is 17.8 Å². The molecule has 102 valence electrons. The standard InChI is InChI=1S/C16H26O2/c1-3-5-6-12(4-2)11-18-16(17)15-10-13-7-8-14(15)9-13/h7,12,14-15H,3-6,8-11H2,1-2H3. The first-order chi connectivity index (χ1) is 8.74. The van der Waals surface area contributed by atoms with E-state index in [9.17, 15) is 4.79 Å². The van der Waals surface area contributed by atoms with Crippen LogP contribution in [0.15, 0.2) is 11.6 Å². The molecule has 2 aliphatic carbocycles. The van der Waals surface area contributed by atoms with Gasteiger partial charge in [0, 0.05) is 0 Å². The van der Waals surface area contributed by atoms with E-state index in [-0.39, 0.29) is 11.9 Å². The van der Waals surface area contributed by atoms with E-state index in [0.717, 1.165) is 25.7 Å². The zero-order chi connectivity index (χ0) is 13.0. The van der Waals surface area contributed by atoms with Crippen LogP contribution in [-0.4, -0.2) is 12.6 Å². The fourth-order valence-corrected chi connectivity index (χ4v) is 3.22. The zero-order valence-electron chi connectivity index (χ0n) is 11.8. The summed E-state index contributed by atoms with van der Waals surface area (Å²) in [5.74, 6) is 1.36. The molecule has 0 saturated heterocycles. The minimum absolute atomic E-state index is 0.0676. The smallest absolute Gasteiger partial charge is 0.309 e. The Balaban J connectivity index is 1.72. The van der Waals surface area contributed by atoms with Crippen LogP contribution in [0.4, 0.5) is 0 Å². The Labute approximate surface area is 111 Å². The van der Waals surface area contributed by atoms with Gasteiger partial charge in [-0.1, -0.05) is 44.8 Å². The van der Waals surface area contributed by atoms with Crippen molar-refractivity contribution >= 4 is 5.97 Å². The molecule has 2 nitrogen and oxygen atoms in total. The predicted molar refractivity (Wildman–Crippen MR) is 73.2 cm³/mol. The summed E-state index contributed by atoms with van der Waals surface area (Å²) in [4.78, 5) is 12.1. The molecule has 2 aliphatic rings. The molecule has 2 bridgehead atoms. The van der Waals surface area contributed by atoms with Gasteiger partial charge in [0.2, 0.25) is 0 Å². The highest BCUT2D eigenvalue weighted by Gasteiger charge is 2.39. The van der Waals surface area contributed by atoms with Crippen molar-refractivity contribution in [3.63, 3.8) is 0 Å². The summed E-state index contributed by atoms with van der Waals surface area (Å²) in [6.45, 7) is 5.04. The third kappa shape index (κ3) is 3.15. The fourth-order valence-electron chi connectivity index (χ4n) is 3.22. The predicted octanol–water partition coefficient (Wildman–Crippen LogP) is 4.10. The van der Waals surface area contributed by atoms with E-state index >= 15 is 0 Å². The number of ether oxygens (including phenoxy) is 1. The summed E-state index contributed by atoms with van der Waals surface area (Å²) in [5.41, 5.74) is 1.49. The number of fused-ring (bicyclic) bond motifs is 2. The Kier molecular flexibility index (Phi) is 4.85. The van der Waals surface area contributed by atoms with Crippen LogP contribution in [0.2, 0.25) is 0 Å². The van der Waals surface area contributed by atoms with Crippen LogP contribution in [0.25, 0.3) is 0 Å². The van der Waals surface area contributed by atoms with Gasteiger partial charge in [0.1, 0.15) is 0 Å². The van der Waals surface area contributed by atoms with Crippen molar-refractivity contribution < 1.29 is 9.53 Å². The van der Waals surface area contributed by atoms with Gasteiger partial charge in [0.05, 0.1) is 12.5 Å². The average Bonchev–Trinajstić information content (AvgIpc) is 3.01. The maximum Gasteiger partial charge on any atom is 0.309 e. The summed E-state index contributed by atoms with van der Waals surface area (Å²) in [5, 5.41) is 0. The second-order valence-electron chi connectivity index (χ2n) is 5.92. The van der Waals surface area contributed by atoms with Gasteiger partial charge >= 0.3 is 5.97 Å². The molecule has 0 N–H and O–H groups in total. The Morgan fingerprint density at radius 3 is 2.83 bits per heavy atom. The van der Waals surface area contributed by atoms with Gasteiger partial charge in [0.15, 0.2) is 0 Å². The Morgan fingerprint density at radius 1 is 1.44 bits per heavy atom. The van der Waals surface area contributed by atoms with Crippen molar-refractivity contribution in [2.75, 3.05) is 6.61 Å². The Hall–Kier alpha value is -0.790. The fraction of sp³-hybridized carbons (Fsp3) is 0.812. The van der Waals surface area contributed by atoms with Gasteiger partial charge in [0.25, 0.3) is 0 Å². The second-order valence-corrected chi connectivity index (χ2v) is 5.92. The first-order valence-corrected chi connectivity index (χ1v) is 7.59. The molecule has 3 atom stereocenters. The summed E-state index contributed by atoms with van der Waals surface area (Å²) in [6.07, 6.45) is 10.3. The summed E-state index contributed by atoms with van der Waals surface area (Å²) in [6, 6.07) is 0.